The molecule has 0 aromatic rings. The molecular formula is C12H24N2O2. The van der Waals surface area contributed by atoms with Gasteiger partial charge in [-0.25, -0.2) is 0 Å². The van der Waals surface area contributed by atoms with Gasteiger partial charge in [0.25, 0.3) is 0 Å². The monoisotopic (exact) mass is 228 g/mol. The molecule has 2 unspecified atom stereocenters. The minimum atomic E-state index is 0.103. The summed E-state index contributed by atoms with van der Waals surface area (Å²) >= 11 is 0. The van der Waals surface area contributed by atoms with Gasteiger partial charge in [0.15, 0.2) is 0 Å². The highest BCUT2D eigenvalue weighted by atomic mass is 16.3. The van der Waals surface area contributed by atoms with Crippen molar-refractivity contribution in [1.29, 1.82) is 0 Å². The van der Waals surface area contributed by atoms with E-state index in [2.05, 4.69) is 17.1 Å². The highest BCUT2D eigenvalue weighted by molar-refractivity contribution is 5.76. The summed E-state index contributed by atoms with van der Waals surface area (Å²) in [5.41, 5.74) is 0. The maximum Gasteiger partial charge on any atom is 0.221 e. The lowest BCUT2D eigenvalue weighted by Gasteiger charge is -2.24. The van der Waals surface area contributed by atoms with Crippen molar-refractivity contribution in [2.24, 2.45) is 5.92 Å². The van der Waals surface area contributed by atoms with Gasteiger partial charge < -0.3 is 10.4 Å². The number of hydrogen-bond acceptors (Lipinski definition) is 3. The lowest BCUT2D eigenvalue weighted by Crippen LogP contribution is -2.39. The summed E-state index contributed by atoms with van der Waals surface area (Å²) in [6, 6.07) is 0.450. The van der Waals surface area contributed by atoms with Crippen LogP contribution in [0.15, 0.2) is 0 Å². The molecule has 0 spiro atoms. The van der Waals surface area contributed by atoms with Crippen LogP contribution in [-0.4, -0.2) is 47.7 Å². The maximum absolute atomic E-state index is 11.5. The van der Waals surface area contributed by atoms with Gasteiger partial charge in [0.2, 0.25) is 5.91 Å². The van der Waals surface area contributed by atoms with Crippen molar-refractivity contribution in [2.45, 2.75) is 45.7 Å². The van der Waals surface area contributed by atoms with Crippen molar-refractivity contribution in [1.82, 2.24) is 10.2 Å². The molecule has 1 amide bonds. The fourth-order valence-corrected chi connectivity index (χ4v) is 2.30. The SMILES string of the molecule is CC(C)NC(=O)CCN1CCC(C)C1CO. The second-order valence-electron chi connectivity index (χ2n) is 5.02. The third-order valence-electron chi connectivity index (χ3n) is 3.26. The zero-order valence-corrected chi connectivity index (χ0v) is 10.6. The maximum atomic E-state index is 11.5. The first-order valence-corrected chi connectivity index (χ1v) is 6.19. The summed E-state index contributed by atoms with van der Waals surface area (Å²) in [7, 11) is 0. The number of aliphatic hydroxyl groups excluding tert-OH is 1. The summed E-state index contributed by atoms with van der Waals surface area (Å²) < 4.78 is 0. The largest absolute Gasteiger partial charge is 0.395 e. The number of amides is 1. The van der Waals surface area contributed by atoms with Crippen LogP contribution in [0.2, 0.25) is 0 Å². The molecule has 1 heterocycles. The van der Waals surface area contributed by atoms with E-state index < -0.39 is 0 Å². The van der Waals surface area contributed by atoms with Crippen LogP contribution in [0.5, 0.6) is 0 Å². The normalized spacial score (nSPS) is 26.3. The molecule has 0 bridgehead atoms. The zero-order valence-electron chi connectivity index (χ0n) is 10.6. The van der Waals surface area contributed by atoms with Crippen molar-refractivity contribution in [3.63, 3.8) is 0 Å². The number of rotatable bonds is 5. The van der Waals surface area contributed by atoms with Crippen LogP contribution in [-0.2, 0) is 4.79 Å². The quantitative estimate of drug-likeness (QED) is 0.724. The minimum Gasteiger partial charge on any atom is -0.395 e. The number of nitrogens with one attached hydrogen (secondary N) is 1. The van der Waals surface area contributed by atoms with Gasteiger partial charge in [0.05, 0.1) is 6.61 Å². The minimum absolute atomic E-state index is 0.103. The van der Waals surface area contributed by atoms with Crippen LogP contribution >= 0.6 is 0 Å². The molecule has 16 heavy (non-hydrogen) atoms. The first kappa shape index (κ1) is 13.5. The summed E-state index contributed by atoms with van der Waals surface area (Å²) in [5.74, 6) is 0.643. The van der Waals surface area contributed by atoms with Crippen LogP contribution < -0.4 is 5.32 Å². The smallest absolute Gasteiger partial charge is 0.221 e. The predicted octanol–water partition coefficient (Wildman–Crippen LogP) is 0.604. The zero-order chi connectivity index (χ0) is 12.1. The molecule has 0 aliphatic carbocycles. The Bertz CT molecular complexity index is 231. The van der Waals surface area contributed by atoms with Gasteiger partial charge in [-0.05, 0) is 32.7 Å². The molecule has 2 N–H and O–H groups in total. The fraction of sp³-hybridized carbons (Fsp3) is 0.917. The van der Waals surface area contributed by atoms with E-state index >= 15 is 0 Å². The highest BCUT2D eigenvalue weighted by Gasteiger charge is 2.30. The van der Waals surface area contributed by atoms with Crippen molar-refractivity contribution < 1.29 is 9.90 Å². The number of hydrogen-bond donors (Lipinski definition) is 2. The Balaban J connectivity index is 2.29. The van der Waals surface area contributed by atoms with Gasteiger partial charge in [-0.2, -0.15) is 0 Å². The summed E-state index contributed by atoms with van der Waals surface area (Å²) in [6.45, 7) is 8.05. The molecule has 0 saturated carbocycles. The third-order valence-corrected chi connectivity index (χ3v) is 3.26. The number of carbonyl (C=O) groups is 1. The number of carbonyl (C=O) groups excluding carboxylic acids is 1. The van der Waals surface area contributed by atoms with Crippen LogP contribution in [0.1, 0.15) is 33.6 Å². The number of likely N-dealkylation sites (tertiary alicyclic amines) is 1. The molecule has 4 heteroatoms. The standard InChI is InChI=1S/C12H24N2O2/c1-9(2)13-12(16)5-7-14-6-4-10(3)11(14)8-15/h9-11,15H,4-8H2,1-3H3,(H,13,16). The van der Waals surface area contributed by atoms with Gasteiger partial charge in [0.1, 0.15) is 0 Å². The Morgan fingerprint density at radius 1 is 1.56 bits per heavy atom. The second kappa shape index (κ2) is 6.21. The summed E-state index contributed by atoms with van der Waals surface area (Å²) in [5, 5.41) is 12.2. The average Bonchev–Trinajstić information content (AvgIpc) is 2.55. The van der Waals surface area contributed by atoms with E-state index in [1.54, 1.807) is 0 Å². The third kappa shape index (κ3) is 3.76. The van der Waals surface area contributed by atoms with Crippen LogP contribution in [0.25, 0.3) is 0 Å². The van der Waals surface area contributed by atoms with Gasteiger partial charge in [-0.15, -0.1) is 0 Å². The number of aliphatic hydroxyl groups is 1. The Morgan fingerprint density at radius 2 is 2.25 bits per heavy atom. The second-order valence-corrected chi connectivity index (χ2v) is 5.02. The van der Waals surface area contributed by atoms with Crippen molar-refractivity contribution >= 4 is 5.91 Å². The number of nitrogens with zero attached hydrogens (tertiary/aromatic N) is 1. The van der Waals surface area contributed by atoms with E-state index in [0.29, 0.717) is 12.3 Å². The molecule has 0 aromatic carbocycles. The Labute approximate surface area is 98.0 Å². The van der Waals surface area contributed by atoms with Crippen LogP contribution in [0.4, 0.5) is 0 Å². The molecule has 1 saturated heterocycles. The van der Waals surface area contributed by atoms with Gasteiger partial charge >= 0.3 is 0 Å². The summed E-state index contributed by atoms with van der Waals surface area (Å²) in [6.07, 6.45) is 1.65. The van der Waals surface area contributed by atoms with Crippen molar-refractivity contribution in [3.8, 4) is 0 Å². The topological polar surface area (TPSA) is 52.6 Å². The van der Waals surface area contributed by atoms with E-state index in [1.165, 1.54) is 0 Å². The molecular weight excluding hydrogens is 204 g/mol. The molecule has 94 valence electrons. The summed E-state index contributed by atoms with van der Waals surface area (Å²) in [4.78, 5) is 13.7. The molecule has 4 nitrogen and oxygen atoms in total. The van der Waals surface area contributed by atoms with Gasteiger partial charge in [0, 0.05) is 25.0 Å². The molecule has 1 rings (SSSR count). The van der Waals surface area contributed by atoms with E-state index in [9.17, 15) is 9.90 Å². The lowest BCUT2D eigenvalue weighted by molar-refractivity contribution is -0.122. The molecule has 1 fully saturated rings. The first-order chi connectivity index (χ1) is 7.54. The molecule has 0 radical (unpaired) electrons. The Kier molecular flexibility index (Phi) is 5.22. The van der Waals surface area contributed by atoms with Crippen molar-refractivity contribution in [2.75, 3.05) is 19.7 Å². The van der Waals surface area contributed by atoms with Gasteiger partial charge in [-0.3, -0.25) is 9.69 Å². The van der Waals surface area contributed by atoms with E-state index in [1.807, 2.05) is 13.8 Å². The van der Waals surface area contributed by atoms with Crippen molar-refractivity contribution in [3.05, 3.63) is 0 Å². The Morgan fingerprint density at radius 3 is 2.81 bits per heavy atom. The molecule has 1 aliphatic rings. The Hall–Kier alpha value is -0.610. The van der Waals surface area contributed by atoms with Gasteiger partial charge in [-0.1, -0.05) is 6.92 Å². The molecule has 0 aromatic heterocycles. The van der Waals surface area contributed by atoms with Crippen LogP contribution in [0.3, 0.4) is 0 Å². The highest BCUT2D eigenvalue weighted by Crippen LogP contribution is 2.23. The predicted molar refractivity (Wildman–Crippen MR) is 64.1 cm³/mol. The first-order valence-electron chi connectivity index (χ1n) is 6.19. The fourth-order valence-electron chi connectivity index (χ4n) is 2.30. The van der Waals surface area contributed by atoms with E-state index in [4.69, 9.17) is 0 Å². The lowest BCUT2D eigenvalue weighted by atomic mass is 10.0. The van der Waals surface area contributed by atoms with E-state index in [-0.39, 0.29) is 24.6 Å². The van der Waals surface area contributed by atoms with E-state index in [0.717, 1.165) is 19.5 Å². The average molecular weight is 228 g/mol. The molecule has 1 aliphatic heterocycles. The molecule has 2 atom stereocenters. The van der Waals surface area contributed by atoms with Crippen LogP contribution in [0, 0.1) is 5.92 Å².